The predicted molar refractivity (Wildman–Crippen MR) is 139 cm³/mol. The van der Waals surface area contributed by atoms with Crippen molar-refractivity contribution >= 4 is 15.2 Å². The molecule has 2 aromatic rings. The van der Waals surface area contributed by atoms with Gasteiger partial charge in [0.1, 0.15) is 24.1 Å². The zero-order valence-corrected chi connectivity index (χ0v) is 23.4. The molecule has 0 radical (unpaired) electrons. The Morgan fingerprint density at radius 2 is 0.947 bits per heavy atom. The summed E-state index contributed by atoms with van der Waals surface area (Å²) < 4.78 is 23.6. The zero-order chi connectivity index (χ0) is 27.3. The molecule has 0 atom stereocenters. The van der Waals surface area contributed by atoms with Crippen LogP contribution in [0.25, 0.3) is 0 Å². The van der Waals surface area contributed by atoms with E-state index in [0.29, 0.717) is 11.1 Å². The fourth-order valence-electron chi connectivity index (χ4n) is 4.04. The molecular formula is C23H38FeN2O10P2. The molecule has 0 spiro atoms. The van der Waals surface area contributed by atoms with Crippen LogP contribution in [0, 0.1) is 13.8 Å². The summed E-state index contributed by atoms with van der Waals surface area (Å²) in [5.41, 5.74) is 2.63. The first-order chi connectivity index (χ1) is 16.6. The quantitative estimate of drug-likeness (QED) is 0.120. The second-order valence-electron chi connectivity index (χ2n) is 8.90. The van der Waals surface area contributed by atoms with Crippen LogP contribution in [0.3, 0.4) is 0 Å². The largest absolute Gasteiger partial charge is 0.507 e. The molecule has 0 heterocycles. The van der Waals surface area contributed by atoms with Crippen molar-refractivity contribution in [3.8, 4) is 11.5 Å². The van der Waals surface area contributed by atoms with E-state index in [4.69, 9.17) is 0 Å². The second-order valence-corrected chi connectivity index (χ2v) is 12.1. The molecule has 8 N–H and O–H groups in total. The third-order valence-corrected chi connectivity index (χ3v) is 6.99. The Kier molecular flexibility index (Phi) is 14.9. The van der Waals surface area contributed by atoms with Crippen molar-refractivity contribution in [3.63, 3.8) is 0 Å². The fraction of sp³-hybridized carbons (Fsp3) is 0.478. The number of rotatable bonds is 13. The number of aliphatic hydroxyl groups is 2. The number of benzene rings is 2. The number of aryl methyl sites for hydroxylation is 2. The maximum absolute atomic E-state index is 11.8. The molecule has 2 aromatic carbocycles. The van der Waals surface area contributed by atoms with E-state index in [1.807, 2.05) is 0 Å². The van der Waals surface area contributed by atoms with Gasteiger partial charge in [0.05, 0.1) is 13.2 Å². The minimum atomic E-state index is -4.54. The molecule has 0 fully saturated rings. The molecule has 0 saturated heterocycles. The molecule has 12 nitrogen and oxygen atoms in total. The van der Waals surface area contributed by atoms with Crippen molar-refractivity contribution in [1.29, 1.82) is 0 Å². The summed E-state index contributed by atoms with van der Waals surface area (Å²) in [6.07, 6.45) is -1.36. The second kappa shape index (κ2) is 15.5. The van der Waals surface area contributed by atoms with Gasteiger partial charge in [-0.25, -0.2) is 0 Å². The van der Waals surface area contributed by atoms with Crippen LogP contribution in [-0.2, 0) is 52.5 Å². The van der Waals surface area contributed by atoms with Gasteiger partial charge in [-0.1, -0.05) is 42.8 Å². The van der Waals surface area contributed by atoms with E-state index in [1.165, 1.54) is 9.80 Å². The molecule has 0 bridgehead atoms. The van der Waals surface area contributed by atoms with E-state index in [9.17, 15) is 49.1 Å². The van der Waals surface area contributed by atoms with Gasteiger partial charge in [-0.2, -0.15) is 0 Å². The third kappa shape index (κ3) is 11.8. The Balaban J connectivity index is 0.00000684. The van der Waals surface area contributed by atoms with E-state index in [2.05, 4.69) is 0 Å². The number of phenols is 2. The SMILES string of the molecule is C.Cc1cc(CO)c(O)c(CN(CCN(Cc2cc(C)cc(CO)c2O)CP(=O)(O)O)CP(=O)(O)O)c1.[Fe]. The van der Waals surface area contributed by atoms with Crippen LogP contribution in [-0.4, -0.2) is 75.5 Å². The zero-order valence-electron chi connectivity index (χ0n) is 20.5. The van der Waals surface area contributed by atoms with Gasteiger partial charge in [-0.05, 0) is 13.8 Å². The van der Waals surface area contributed by atoms with Crippen molar-refractivity contribution in [1.82, 2.24) is 9.80 Å². The maximum atomic E-state index is 11.8. The fourth-order valence-corrected chi connectivity index (χ4v) is 5.56. The monoisotopic (exact) mass is 620 g/mol. The molecule has 0 amide bonds. The first kappa shape index (κ1) is 36.7. The summed E-state index contributed by atoms with van der Waals surface area (Å²) in [7, 11) is -9.08. The summed E-state index contributed by atoms with van der Waals surface area (Å²) in [5.74, 6) is -0.404. The summed E-state index contributed by atoms with van der Waals surface area (Å²) >= 11 is 0. The molecule has 0 aliphatic carbocycles. The van der Waals surface area contributed by atoms with E-state index >= 15 is 0 Å². The minimum Gasteiger partial charge on any atom is -0.507 e. The molecule has 218 valence electrons. The van der Waals surface area contributed by atoms with E-state index < -0.39 is 41.0 Å². The van der Waals surface area contributed by atoms with Crippen LogP contribution < -0.4 is 0 Å². The topological polar surface area (TPSA) is 202 Å². The van der Waals surface area contributed by atoms with Crippen molar-refractivity contribution in [3.05, 3.63) is 57.6 Å². The van der Waals surface area contributed by atoms with E-state index in [-0.39, 0.29) is 73.3 Å². The van der Waals surface area contributed by atoms with E-state index in [1.54, 1.807) is 38.1 Å². The van der Waals surface area contributed by atoms with Crippen LogP contribution >= 0.6 is 15.2 Å². The van der Waals surface area contributed by atoms with Crippen molar-refractivity contribution < 1.29 is 66.2 Å². The van der Waals surface area contributed by atoms with Crippen molar-refractivity contribution in [2.75, 3.05) is 25.7 Å². The normalized spacial score (nSPS) is 11.9. The molecule has 2 rings (SSSR count). The van der Waals surface area contributed by atoms with Gasteiger partial charge >= 0.3 is 15.2 Å². The van der Waals surface area contributed by atoms with Crippen LogP contribution in [0.1, 0.15) is 40.8 Å². The Hall–Kier alpha value is -1.30. The Bertz CT molecular complexity index is 1070. The Labute approximate surface area is 233 Å². The molecule has 0 aromatic heterocycles. The van der Waals surface area contributed by atoms with Crippen LogP contribution in [0.5, 0.6) is 11.5 Å². The Morgan fingerprint density at radius 1 is 0.658 bits per heavy atom. The van der Waals surface area contributed by atoms with Crippen LogP contribution in [0.15, 0.2) is 24.3 Å². The van der Waals surface area contributed by atoms with Gasteiger partial charge in [0.25, 0.3) is 0 Å². The Morgan fingerprint density at radius 3 is 1.21 bits per heavy atom. The summed E-state index contributed by atoms with van der Waals surface area (Å²) in [5, 5.41) is 39.9. The number of hydrogen-bond acceptors (Lipinski definition) is 8. The molecule has 15 heteroatoms. The van der Waals surface area contributed by atoms with Crippen LogP contribution in [0.4, 0.5) is 0 Å². The molecule has 0 aliphatic heterocycles. The number of hydrogen-bond donors (Lipinski definition) is 8. The molecule has 38 heavy (non-hydrogen) atoms. The number of aliphatic hydroxyl groups excluding tert-OH is 2. The first-order valence-electron chi connectivity index (χ1n) is 11.0. The number of aromatic hydroxyl groups is 2. The molecule has 0 unspecified atom stereocenters. The first-order valence-corrected chi connectivity index (χ1v) is 14.6. The molecule has 0 saturated carbocycles. The summed E-state index contributed by atoms with van der Waals surface area (Å²) in [6.45, 7) is 2.34. The smallest absolute Gasteiger partial charge is 0.339 e. The standard InChI is InChI=1S/C22H34N2O10P2.CH4.Fe/c1-15-5-17(21(27)19(7-15)11-25)9-23(13-35(29,30)31)3-4-24(14-36(32,33)34)10-18-6-16(2)8-20(12-26)22(18)28;;/h5-8,25-28H,3-4,9-14H2,1-2H3,(H2,29,30,31)(H2,32,33,34);1H4;. The molecular weight excluding hydrogens is 582 g/mol. The van der Waals surface area contributed by atoms with Crippen molar-refractivity contribution in [2.45, 2.75) is 47.6 Å². The van der Waals surface area contributed by atoms with Gasteiger partial charge in [0.15, 0.2) is 0 Å². The predicted octanol–water partition coefficient (Wildman–Crippen LogP) is 1.91. The number of nitrogens with zero attached hydrogens (tertiary/aromatic N) is 2. The van der Waals surface area contributed by atoms with Gasteiger partial charge in [-0.3, -0.25) is 18.9 Å². The summed E-state index contributed by atoms with van der Waals surface area (Å²) in [4.78, 5) is 41.0. The van der Waals surface area contributed by atoms with Gasteiger partial charge in [-0.15, -0.1) is 0 Å². The van der Waals surface area contributed by atoms with Crippen LogP contribution in [0.2, 0.25) is 0 Å². The molecule has 0 aliphatic rings. The third-order valence-electron chi connectivity index (χ3n) is 5.45. The maximum Gasteiger partial charge on any atom is 0.339 e. The average molecular weight is 620 g/mol. The van der Waals surface area contributed by atoms with Gasteiger partial charge in [0, 0.05) is 65.5 Å². The minimum absolute atomic E-state index is 0. The van der Waals surface area contributed by atoms with E-state index in [0.717, 1.165) is 11.1 Å². The van der Waals surface area contributed by atoms with Gasteiger partial charge < -0.3 is 40.0 Å². The van der Waals surface area contributed by atoms with Crippen molar-refractivity contribution in [2.24, 2.45) is 0 Å². The van der Waals surface area contributed by atoms with Gasteiger partial charge in [0.2, 0.25) is 0 Å². The average Bonchev–Trinajstić information content (AvgIpc) is 2.74. The summed E-state index contributed by atoms with van der Waals surface area (Å²) in [6, 6.07) is 6.41.